The molecule has 2 N–H and O–H groups in total. The number of hydrogen-bond donors (Lipinski definition) is 2. The molecule has 2 heterocycles. The van der Waals surface area contributed by atoms with Crippen molar-refractivity contribution in [2.45, 2.75) is 63.6 Å². The Morgan fingerprint density at radius 1 is 1.04 bits per heavy atom. The van der Waals surface area contributed by atoms with Crippen LogP contribution < -0.4 is 16.1 Å². The van der Waals surface area contributed by atoms with Crippen molar-refractivity contribution < 1.29 is 9.59 Å². The molecule has 0 bridgehead atoms. The number of hydrogen-bond acceptors (Lipinski definition) is 4. The van der Waals surface area contributed by atoms with Crippen LogP contribution in [0, 0.1) is 0 Å². The molecule has 2 aromatic rings. The first-order valence-electron chi connectivity index (χ1n) is 9.99. The van der Waals surface area contributed by atoms with Crippen LogP contribution in [0.1, 0.15) is 76.6 Å². The van der Waals surface area contributed by atoms with E-state index in [4.69, 9.17) is 0 Å². The fourth-order valence-corrected chi connectivity index (χ4v) is 4.32. The zero-order chi connectivity index (χ0) is 19.5. The highest BCUT2D eigenvalue weighted by Gasteiger charge is 2.27. The summed E-state index contributed by atoms with van der Waals surface area (Å²) < 4.78 is 1.92. The van der Waals surface area contributed by atoms with Gasteiger partial charge < -0.3 is 15.2 Å². The monoisotopic (exact) mass is 399 g/mol. The third-order valence-electron chi connectivity index (χ3n) is 5.45. The van der Waals surface area contributed by atoms with Gasteiger partial charge in [-0.3, -0.25) is 14.4 Å². The number of rotatable bonds is 6. The Labute approximate surface area is 168 Å². The van der Waals surface area contributed by atoms with Crippen LogP contribution in [-0.4, -0.2) is 22.4 Å². The fourth-order valence-electron chi connectivity index (χ4n) is 3.68. The van der Waals surface area contributed by atoms with Gasteiger partial charge in [0.1, 0.15) is 11.1 Å². The van der Waals surface area contributed by atoms with Gasteiger partial charge in [0.25, 0.3) is 11.8 Å². The normalized spacial score (nSPS) is 17.3. The first-order valence-corrected chi connectivity index (χ1v) is 10.9. The van der Waals surface area contributed by atoms with Gasteiger partial charge in [-0.2, -0.15) is 0 Å². The summed E-state index contributed by atoms with van der Waals surface area (Å²) in [5, 5.41) is 7.64. The Kier molecular flexibility index (Phi) is 5.62. The van der Waals surface area contributed by atoms with E-state index in [9.17, 15) is 14.4 Å². The van der Waals surface area contributed by atoms with Crippen molar-refractivity contribution in [1.82, 2.24) is 15.2 Å². The molecule has 0 aliphatic heterocycles. The summed E-state index contributed by atoms with van der Waals surface area (Å²) in [5.41, 5.74) is -0.374. The van der Waals surface area contributed by atoms with Gasteiger partial charge in [-0.15, -0.1) is 11.3 Å². The quantitative estimate of drug-likeness (QED) is 0.783. The van der Waals surface area contributed by atoms with Crippen LogP contribution in [0.3, 0.4) is 0 Å². The molecule has 6 nitrogen and oxygen atoms in total. The first kappa shape index (κ1) is 18.9. The molecule has 148 valence electrons. The van der Waals surface area contributed by atoms with E-state index in [1.807, 2.05) is 22.1 Å². The number of pyridine rings is 1. The smallest absolute Gasteiger partial charge is 0.257 e. The number of aromatic nitrogens is 1. The second-order valence-corrected chi connectivity index (χ2v) is 8.70. The standard InChI is InChI=1S/C21H25N3O3S/c25-19-17(20(26)22-11-16-7-4-10-28-16)12-24(15-5-2-1-3-6-15)13-18(19)21(27)23-14-8-9-14/h4,7,10,12-15H,1-3,5-6,8-9,11H2,(H,22,26)(H,23,27). The molecule has 0 atom stereocenters. The third-order valence-corrected chi connectivity index (χ3v) is 6.32. The van der Waals surface area contributed by atoms with Crippen molar-refractivity contribution in [2.24, 2.45) is 0 Å². The molecule has 0 aromatic carbocycles. The molecule has 0 unspecified atom stereocenters. The van der Waals surface area contributed by atoms with Crippen LogP contribution in [0.5, 0.6) is 0 Å². The highest BCUT2D eigenvalue weighted by Crippen LogP contribution is 2.28. The predicted molar refractivity (Wildman–Crippen MR) is 109 cm³/mol. The summed E-state index contributed by atoms with van der Waals surface area (Å²) in [5.74, 6) is -0.797. The molecule has 0 radical (unpaired) electrons. The fraction of sp³-hybridized carbons (Fsp3) is 0.476. The Hall–Kier alpha value is -2.41. The van der Waals surface area contributed by atoms with E-state index < -0.39 is 11.3 Å². The summed E-state index contributed by atoms with van der Waals surface area (Å²) in [4.78, 5) is 39.3. The van der Waals surface area contributed by atoms with Crippen molar-refractivity contribution in [3.05, 3.63) is 56.1 Å². The van der Waals surface area contributed by atoms with E-state index in [2.05, 4.69) is 10.6 Å². The number of carbonyl (C=O) groups is 2. The van der Waals surface area contributed by atoms with E-state index in [1.165, 1.54) is 6.42 Å². The maximum absolute atomic E-state index is 12.9. The number of nitrogens with zero attached hydrogens (tertiary/aromatic N) is 1. The van der Waals surface area contributed by atoms with Crippen molar-refractivity contribution in [3.63, 3.8) is 0 Å². The molecule has 2 aromatic heterocycles. The highest BCUT2D eigenvalue weighted by molar-refractivity contribution is 7.09. The van der Waals surface area contributed by atoms with E-state index in [1.54, 1.807) is 23.7 Å². The number of nitrogens with one attached hydrogen (secondary N) is 2. The van der Waals surface area contributed by atoms with Gasteiger partial charge in [-0.25, -0.2) is 0 Å². The largest absolute Gasteiger partial charge is 0.349 e. The lowest BCUT2D eigenvalue weighted by Crippen LogP contribution is -2.36. The van der Waals surface area contributed by atoms with Gasteiger partial charge in [0.2, 0.25) is 5.43 Å². The Morgan fingerprint density at radius 2 is 1.75 bits per heavy atom. The van der Waals surface area contributed by atoms with Gasteiger partial charge in [0, 0.05) is 29.4 Å². The number of thiophene rings is 1. The van der Waals surface area contributed by atoms with Crippen LogP contribution in [0.25, 0.3) is 0 Å². The van der Waals surface area contributed by atoms with Crippen LogP contribution >= 0.6 is 11.3 Å². The van der Waals surface area contributed by atoms with Crippen LogP contribution in [0.2, 0.25) is 0 Å². The van der Waals surface area contributed by atoms with Crippen LogP contribution in [0.15, 0.2) is 34.7 Å². The van der Waals surface area contributed by atoms with Gasteiger partial charge in [-0.1, -0.05) is 25.3 Å². The minimum Gasteiger partial charge on any atom is -0.349 e. The molecule has 7 heteroatoms. The van der Waals surface area contributed by atoms with Gasteiger partial charge >= 0.3 is 0 Å². The Balaban J connectivity index is 1.63. The van der Waals surface area contributed by atoms with Gasteiger partial charge in [0.15, 0.2) is 0 Å². The Morgan fingerprint density at radius 3 is 2.39 bits per heavy atom. The number of amides is 2. The lowest BCUT2D eigenvalue weighted by Gasteiger charge is -2.25. The van der Waals surface area contributed by atoms with Crippen molar-refractivity contribution in [1.29, 1.82) is 0 Å². The molecular weight excluding hydrogens is 374 g/mol. The van der Waals surface area contributed by atoms with Crippen molar-refractivity contribution >= 4 is 23.2 Å². The minimum absolute atomic E-state index is 0.0468. The maximum Gasteiger partial charge on any atom is 0.257 e. The highest BCUT2D eigenvalue weighted by atomic mass is 32.1. The van der Waals surface area contributed by atoms with Gasteiger partial charge in [-0.05, 0) is 37.1 Å². The maximum atomic E-state index is 12.9. The molecule has 2 fully saturated rings. The minimum atomic E-state index is -0.492. The molecule has 2 amide bonds. The first-order chi connectivity index (χ1) is 13.6. The molecule has 2 aliphatic rings. The second-order valence-electron chi connectivity index (χ2n) is 7.66. The molecule has 2 aliphatic carbocycles. The van der Waals surface area contributed by atoms with Crippen LogP contribution in [-0.2, 0) is 6.54 Å². The molecule has 2 saturated carbocycles. The lowest BCUT2D eigenvalue weighted by molar-refractivity contribution is 0.0947. The predicted octanol–water partition coefficient (Wildman–Crippen LogP) is 3.24. The lowest BCUT2D eigenvalue weighted by atomic mass is 9.95. The number of carbonyl (C=O) groups excluding carboxylic acids is 2. The summed E-state index contributed by atoms with van der Waals surface area (Å²) in [6, 6.07) is 4.24. The summed E-state index contributed by atoms with van der Waals surface area (Å²) in [6.45, 7) is 0.373. The van der Waals surface area contributed by atoms with Crippen LogP contribution in [0.4, 0.5) is 0 Å². The zero-order valence-electron chi connectivity index (χ0n) is 15.8. The van der Waals surface area contributed by atoms with Crippen molar-refractivity contribution in [2.75, 3.05) is 0 Å². The summed E-state index contributed by atoms with van der Waals surface area (Å²) >= 11 is 1.55. The van der Waals surface area contributed by atoms with E-state index in [0.717, 1.165) is 43.4 Å². The molecule has 0 saturated heterocycles. The zero-order valence-corrected chi connectivity index (χ0v) is 16.6. The van der Waals surface area contributed by atoms with Crippen molar-refractivity contribution in [3.8, 4) is 0 Å². The summed E-state index contributed by atoms with van der Waals surface area (Å²) in [7, 11) is 0. The summed E-state index contributed by atoms with van der Waals surface area (Å²) in [6.07, 6.45) is 10.6. The average molecular weight is 400 g/mol. The topological polar surface area (TPSA) is 80.2 Å². The Bertz CT molecular complexity index is 909. The molecule has 28 heavy (non-hydrogen) atoms. The molecular formula is C21H25N3O3S. The van der Waals surface area contributed by atoms with E-state index in [-0.39, 0.29) is 29.1 Å². The second kappa shape index (κ2) is 8.31. The van der Waals surface area contributed by atoms with E-state index in [0.29, 0.717) is 6.54 Å². The third kappa shape index (κ3) is 4.35. The van der Waals surface area contributed by atoms with E-state index >= 15 is 0 Å². The SMILES string of the molecule is O=C(NCc1cccs1)c1cn(C2CCCCC2)cc(C(=O)NC2CC2)c1=O. The average Bonchev–Trinajstić information content (AvgIpc) is 3.37. The molecule has 4 rings (SSSR count). The molecule has 0 spiro atoms. The van der Waals surface area contributed by atoms with Gasteiger partial charge in [0.05, 0.1) is 6.54 Å².